The van der Waals surface area contributed by atoms with Gasteiger partial charge in [0.2, 0.25) is 0 Å². The zero-order chi connectivity index (χ0) is 14.2. The lowest BCUT2D eigenvalue weighted by Gasteiger charge is -2.12. The Hall–Kier alpha value is -1.58. The van der Waals surface area contributed by atoms with Crippen LogP contribution in [0.3, 0.4) is 0 Å². The lowest BCUT2D eigenvalue weighted by atomic mass is 10.1. The number of rotatable bonds is 7. The summed E-state index contributed by atoms with van der Waals surface area (Å²) < 4.78 is 13.5. The molecule has 1 saturated carbocycles. The second-order valence-electron chi connectivity index (χ2n) is 5.35. The summed E-state index contributed by atoms with van der Waals surface area (Å²) in [6.45, 7) is 1.64. The van der Waals surface area contributed by atoms with E-state index >= 15 is 0 Å². The number of guanidine groups is 1. The molecule has 1 aromatic rings. The van der Waals surface area contributed by atoms with Crippen LogP contribution in [0.25, 0.3) is 0 Å². The van der Waals surface area contributed by atoms with Crippen LogP contribution in [0.1, 0.15) is 31.2 Å². The molecule has 0 atom stereocenters. The van der Waals surface area contributed by atoms with E-state index < -0.39 is 0 Å². The van der Waals surface area contributed by atoms with Crippen molar-refractivity contribution >= 4 is 5.96 Å². The van der Waals surface area contributed by atoms with Crippen LogP contribution in [0.5, 0.6) is 0 Å². The summed E-state index contributed by atoms with van der Waals surface area (Å²) in [5.41, 5.74) is 0.740. The Morgan fingerprint density at radius 1 is 1.25 bits per heavy atom. The summed E-state index contributed by atoms with van der Waals surface area (Å²) in [7, 11) is 1.76. The minimum absolute atomic E-state index is 0.137. The van der Waals surface area contributed by atoms with Crippen LogP contribution in [0.2, 0.25) is 0 Å². The highest BCUT2D eigenvalue weighted by Crippen LogP contribution is 2.33. The predicted molar refractivity (Wildman–Crippen MR) is 81.4 cm³/mol. The highest BCUT2D eigenvalue weighted by molar-refractivity contribution is 5.79. The third-order valence-corrected chi connectivity index (χ3v) is 3.65. The van der Waals surface area contributed by atoms with Gasteiger partial charge in [-0.05, 0) is 36.8 Å². The Morgan fingerprint density at radius 3 is 2.70 bits per heavy atom. The highest BCUT2D eigenvalue weighted by atomic mass is 19.1. The van der Waals surface area contributed by atoms with Gasteiger partial charge in [-0.15, -0.1) is 0 Å². The van der Waals surface area contributed by atoms with Crippen LogP contribution < -0.4 is 10.6 Å². The maximum Gasteiger partial charge on any atom is 0.190 e. The molecular formula is C16H24FN3. The van der Waals surface area contributed by atoms with E-state index in [1.807, 2.05) is 12.1 Å². The average Bonchev–Trinajstić information content (AvgIpc) is 3.27. The quantitative estimate of drug-likeness (QED) is 0.457. The first-order valence-corrected chi connectivity index (χ1v) is 7.47. The molecule has 0 heterocycles. The van der Waals surface area contributed by atoms with Gasteiger partial charge in [0.1, 0.15) is 5.82 Å². The number of hydrogen-bond donors (Lipinski definition) is 2. The molecule has 1 aliphatic carbocycles. The van der Waals surface area contributed by atoms with E-state index in [1.54, 1.807) is 13.1 Å². The van der Waals surface area contributed by atoms with E-state index in [9.17, 15) is 4.39 Å². The van der Waals surface area contributed by atoms with E-state index in [0.29, 0.717) is 13.0 Å². The Labute approximate surface area is 120 Å². The molecule has 1 aliphatic rings. The number of halogens is 1. The van der Waals surface area contributed by atoms with Crippen molar-refractivity contribution < 1.29 is 4.39 Å². The Balaban J connectivity index is 1.61. The molecule has 1 aromatic carbocycles. The Bertz CT molecular complexity index is 441. The van der Waals surface area contributed by atoms with Gasteiger partial charge in [0.25, 0.3) is 0 Å². The van der Waals surface area contributed by atoms with Crippen molar-refractivity contribution in [3.05, 3.63) is 35.6 Å². The number of hydrogen-bond acceptors (Lipinski definition) is 1. The van der Waals surface area contributed by atoms with Crippen LogP contribution in [-0.2, 0) is 6.42 Å². The minimum Gasteiger partial charge on any atom is -0.356 e. The van der Waals surface area contributed by atoms with Gasteiger partial charge in [-0.3, -0.25) is 4.99 Å². The number of nitrogens with zero attached hydrogens (tertiary/aromatic N) is 1. The van der Waals surface area contributed by atoms with Gasteiger partial charge < -0.3 is 10.6 Å². The van der Waals surface area contributed by atoms with E-state index in [0.717, 1.165) is 24.0 Å². The van der Waals surface area contributed by atoms with Gasteiger partial charge in [-0.1, -0.05) is 31.0 Å². The topological polar surface area (TPSA) is 36.4 Å². The summed E-state index contributed by atoms with van der Waals surface area (Å²) in [6.07, 6.45) is 6.00. The van der Waals surface area contributed by atoms with Crippen LogP contribution in [0, 0.1) is 11.7 Å². The maximum absolute atomic E-state index is 13.5. The van der Waals surface area contributed by atoms with Gasteiger partial charge in [-0.2, -0.15) is 0 Å². The van der Waals surface area contributed by atoms with Crippen molar-refractivity contribution in [2.45, 2.75) is 32.1 Å². The SMILES string of the molecule is CN=C(NCCCC1CC1)NCCc1ccccc1F. The molecule has 0 unspecified atom stereocenters. The second kappa shape index (κ2) is 7.88. The van der Waals surface area contributed by atoms with Gasteiger partial charge in [0.05, 0.1) is 0 Å². The molecular weight excluding hydrogens is 253 g/mol. The lowest BCUT2D eigenvalue weighted by Crippen LogP contribution is -2.38. The summed E-state index contributed by atoms with van der Waals surface area (Å²) in [5.74, 6) is 1.65. The van der Waals surface area contributed by atoms with Gasteiger partial charge in [0.15, 0.2) is 5.96 Å². The predicted octanol–water partition coefficient (Wildman–Crippen LogP) is 2.72. The zero-order valence-electron chi connectivity index (χ0n) is 12.2. The number of nitrogens with one attached hydrogen (secondary N) is 2. The molecule has 0 radical (unpaired) electrons. The van der Waals surface area contributed by atoms with E-state index in [4.69, 9.17) is 0 Å². The molecule has 0 spiro atoms. The standard InChI is InChI=1S/C16H24FN3/c1-18-16(19-11-4-5-13-8-9-13)20-12-10-14-6-2-3-7-15(14)17/h2-3,6-7,13H,4-5,8-12H2,1H3,(H2,18,19,20). The first kappa shape index (κ1) is 14.8. The fraction of sp³-hybridized carbons (Fsp3) is 0.562. The Kier molecular flexibility index (Phi) is 5.84. The first-order valence-electron chi connectivity index (χ1n) is 7.47. The largest absolute Gasteiger partial charge is 0.356 e. The van der Waals surface area contributed by atoms with Gasteiger partial charge in [0, 0.05) is 20.1 Å². The molecule has 0 aliphatic heterocycles. The molecule has 0 aromatic heterocycles. The highest BCUT2D eigenvalue weighted by Gasteiger charge is 2.19. The molecule has 4 heteroatoms. The molecule has 3 nitrogen and oxygen atoms in total. The molecule has 0 saturated heterocycles. The van der Waals surface area contributed by atoms with Crippen molar-refractivity contribution in [3.63, 3.8) is 0 Å². The third kappa shape index (κ3) is 5.19. The van der Waals surface area contributed by atoms with Crippen LogP contribution in [0.4, 0.5) is 4.39 Å². The van der Waals surface area contributed by atoms with Crippen LogP contribution in [0.15, 0.2) is 29.3 Å². The molecule has 0 bridgehead atoms. The van der Waals surface area contributed by atoms with Crippen molar-refractivity contribution in [2.24, 2.45) is 10.9 Å². The molecule has 110 valence electrons. The summed E-state index contributed by atoms with van der Waals surface area (Å²) in [4.78, 5) is 4.17. The van der Waals surface area contributed by atoms with Crippen molar-refractivity contribution in [1.29, 1.82) is 0 Å². The van der Waals surface area contributed by atoms with Gasteiger partial charge in [-0.25, -0.2) is 4.39 Å². The van der Waals surface area contributed by atoms with E-state index in [1.165, 1.54) is 31.7 Å². The summed E-state index contributed by atoms with van der Waals surface area (Å²) in [6, 6.07) is 6.90. The van der Waals surface area contributed by atoms with Crippen molar-refractivity contribution in [1.82, 2.24) is 10.6 Å². The third-order valence-electron chi connectivity index (χ3n) is 3.65. The molecule has 20 heavy (non-hydrogen) atoms. The normalized spacial score (nSPS) is 15.2. The maximum atomic E-state index is 13.5. The zero-order valence-corrected chi connectivity index (χ0v) is 12.2. The summed E-state index contributed by atoms with van der Waals surface area (Å²) in [5, 5.41) is 6.52. The molecule has 2 rings (SSSR count). The minimum atomic E-state index is -0.137. The van der Waals surface area contributed by atoms with E-state index in [-0.39, 0.29) is 5.82 Å². The smallest absolute Gasteiger partial charge is 0.190 e. The van der Waals surface area contributed by atoms with E-state index in [2.05, 4.69) is 15.6 Å². The fourth-order valence-corrected chi connectivity index (χ4v) is 2.24. The summed E-state index contributed by atoms with van der Waals surface area (Å²) >= 11 is 0. The van der Waals surface area contributed by atoms with Crippen LogP contribution >= 0.6 is 0 Å². The number of benzene rings is 1. The molecule has 1 fully saturated rings. The fourth-order valence-electron chi connectivity index (χ4n) is 2.24. The van der Waals surface area contributed by atoms with Crippen molar-refractivity contribution in [3.8, 4) is 0 Å². The monoisotopic (exact) mass is 277 g/mol. The lowest BCUT2D eigenvalue weighted by molar-refractivity contribution is 0.606. The van der Waals surface area contributed by atoms with Crippen molar-refractivity contribution in [2.75, 3.05) is 20.1 Å². The van der Waals surface area contributed by atoms with Crippen LogP contribution in [-0.4, -0.2) is 26.1 Å². The molecule has 2 N–H and O–H groups in total. The molecule has 0 amide bonds. The second-order valence-corrected chi connectivity index (χ2v) is 5.35. The average molecular weight is 277 g/mol. The van der Waals surface area contributed by atoms with Gasteiger partial charge >= 0.3 is 0 Å². The number of aliphatic imine (C=N–C) groups is 1. The Morgan fingerprint density at radius 2 is 2.00 bits per heavy atom. The first-order chi connectivity index (χ1) is 9.79.